The SMILES string of the molecule is CCCCc1nc(Cl)c(C=O)n1Cc1ccc(-c2ccccc2/C(N)=N/N(N)COC(=O)OCCCCCO[N+](=O)[O-])cc1. The van der Waals surface area contributed by atoms with Gasteiger partial charge in [-0.15, -0.1) is 15.2 Å². The summed E-state index contributed by atoms with van der Waals surface area (Å²) < 4.78 is 11.7. The lowest BCUT2D eigenvalue weighted by Gasteiger charge is -2.15. The van der Waals surface area contributed by atoms with E-state index in [-0.39, 0.29) is 24.2 Å². The molecule has 0 aliphatic heterocycles. The maximum atomic E-state index is 11.8. The number of aldehydes is 1. The lowest BCUT2D eigenvalue weighted by Crippen LogP contribution is -2.33. The van der Waals surface area contributed by atoms with E-state index >= 15 is 0 Å². The number of rotatable bonds is 18. The van der Waals surface area contributed by atoms with E-state index in [1.54, 1.807) is 6.07 Å². The van der Waals surface area contributed by atoms with Crippen LogP contribution in [0.4, 0.5) is 4.79 Å². The van der Waals surface area contributed by atoms with Gasteiger partial charge < -0.3 is 24.6 Å². The minimum Gasteiger partial charge on any atom is -0.434 e. The number of amidine groups is 1. The number of aryl methyl sites for hydroxylation is 1. The fourth-order valence-electron chi connectivity index (χ4n) is 4.28. The molecule has 3 aromatic rings. The largest absolute Gasteiger partial charge is 0.510 e. The molecule has 3 rings (SSSR count). The van der Waals surface area contributed by atoms with Gasteiger partial charge in [-0.3, -0.25) is 4.79 Å². The number of hydrogen-bond donors (Lipinski definition) is 2. The fourth-order valence-corrected chi connectivity index (χ4v) is 4.53. The predicted octanol–water partition coefficient (Wildman–Crippen LogP) is 4.69. The van der Waals surface area contributed by atoms with Crippen molar-refractivity contribution in [2.24, 2.45) is 16.7 Å². The number of hydrogen-bond acceptors (Lipinski definition) is 11. The smallest absolute Gasteiger partial charge is 0.434 e. The maximum Gasteiger partial charge on any atom is 0.510 e. The van der Waals surface area contributed by atoms with Gasteiger partial charge in [-0.2, -0.15) is 5.12 Å². The highest BCUT2D eigenvalue weighted by atomic mass is 35.5. The molecule has 1 aromatic heterocycles. The second kappa shape index (κ2) is 17.4. The fraction of sp³-hybridized carbons (Fsp3) is 0.379. The maximum absolute atomic E-state index is 11.8. The predicted molar refractivity (Wildman–Crippen MR) is 163 cm³/mol. The van der Waals surface area contributed by atoms with E-state index in [9.17, 15) is 19.7 Å². The van der Waals surface area contributed by atoms with Crippen LogP contribution in [-0.2, 0) is 27.3 Å². The van der Waals surface area contributed by atoms with E-state index < -0.39 is 18.0 Å². The van der Waals surface area contributed by atoms with Crippen LogP contribution in [0.5, 0.6) is 0 Å². The number of unbranched alkanes of at least 4 members (excludes halogenated alkanes) is 3. The number of carbonyl (C=O) groups excluding carboxylic acids is 2. The number of ether oxygens (including phenoxy) is 2. The topological polar surface area (TPSA) is 190 Å². The average molecular weight is 630 g/mol. The Bertz CT molecular complexity index is 1430. The van der Waals surface area contributed by atoms with Crippen molar-refractivity contribution in [1.29, 1.82) is 0 Å². The third kappa shape index (κ3) is 10.2. The molecule has 0 spiro atoms. The molecule has 0 fully saturated rings. The van der Waals surface area contributed by atoms with Crippen LogP contribution >= 0.6 is 11.6 Å². The number of hydrazone groups is 1. The van der Waals surface area contributed by atoms with E-state index in [4.69, 9.17) is 32.7 Å². The molecule has 15 heteroatoms. The Balaban J connectivity index is 1.59. The number of aromatic nitrogens is 2. The molecule has 0 amide bonds. The van der Waals surface area contributed by atoms with Crippen molar-refractivity contribution in [3.63, 3.8) is 0 Å². The van der Waals surface area contributed by atoms with Crippen LogP contribution < -0.4 is 11.6 Å². The molecule has 2 aromatic carbocycles. The highest BCUT2D eigenvalue weighted by Gasteiger charge is 2.16. The summed E-state index contributed by atoms with van der Waals surface area (Å²) in [6.07, 6.45) is 3.98. The van der Waals surface area contributed by atoms with Crippen LogP contribution in [0.3, 0.4) is 0 Å². The summed E-state index contributed by atoms with van der Waals surface area (Å²) in [5.41, 5.74) is 9.89. The molecule has 0 radical (unpaired) electrons. The molecule has 1 heterocycles. The van der Waals surface area contributed by atoms with Crippen molar-refractivity contribution in [2.45, 2.75) is 52.0 Å². The number of nitrogens with two attached hydrogens (primary N) is 2. The van der Waals surface area contributed by atoms with Crippen molar-refractivity contribution in [3.05, 3.63) is 86.4 Å². The van der Waals surface area contributed by atoms with Crippen LogP contribution in [0.25, 0.3) is 11.1 Å². The normalized spacial score (nSPS) is 11.2. The lowest BCUT2D eigenvalue weighted by molar-refractivity contribution is -0.757. The number of imidazole rings is 1. The molecule has 0 atom stereocenters. The number of benzene rings is 2. The minimum atomic E-state index is -0.938. The van der Waals surface area contributed by atoms with Gasteiger partial charge in [0.05, 0.1) is 13.2 Å². The molecule has 0 bridgehead atoms. The van der Waals surface area contributed by atoms with Gasteiger partial charge in [0.25, 0.3) is 5.09 Å². The van der Waals surface area contributed by atoms with E-state index in [2.05, 4.69) is 21.8 Å². The zero-order chi connectivity index (χ0) is 31.9. The number of nitrogens with zero attached hydrogens (tertiary/aromatic N) is 5. The second-order valence-electron chi connectivity index (χ2n) is 9.67. The zero-order valence-corrected chi connectivity index (χ0v) is 25.1. The van der Waals surface area contributed by atoms with Crippen LogP contribution in [0, 0.1) is 10.1 Å². The van der Waals surface area contributed by atoms with E-state index in [1.165, 1.54) is 0 Å². The first kappa shape index (κ1) is 33.8. The molecule has 0 unspecified atom stereocenters. The summed E-state index contributed by atoms with van der Waals surface area (Å²) >= 11 is 6.22. The Morgan fingerprint density at radius 3 is 2.55 bits per heavy atom. The quantitative estimate of drug-likeness (QED) is 0.0228. The van der Waals surface area contributed by atoms with Crippen LogP contribution in [0.2, 0.25) is 5.15 Å². The Labute approximate surface area is 259 Å². The van der Waals surface area contributed by atoms with E-state index in [1.807, 2.05) is 47.0 Å². The molecule has 4 N–H and O–H groups in total. The van der Waals surface area contributed by atoms with Crippen LogP contribution in [-0.4, -0.2) is 58.0 Å². The Morgan fingerprint density at radius 1 is 1.11 bits per heavy atom. The molecular weight excluding hydrogens is 594 g/mol. The van der Waals surface area contributed by atoms with Gasteiger partial charge in [0.15, 0.2) is 24.0 Å². The lowest BCUT2D eigenvalue weighted by atomic mass is 9.98. The summed E-state index contributed by atoms with van der Waals surface area (Å²) in [6, 6.07) is 15.2. The van der Waals surface area contributed by atoms with Gasteiger partial charge in [-0.25, -0.2) is 15.6 Å². The summed E-state index contributed by atoms with van der Waals surface area (Å²) in [7, 11) is 0. The molecule has 236 valence electrons. The van der Waals surface area contributed by atoms with Crippen molar-refractivity contribution in [1.82, 2.24) is 14.7 Å². The summed E-state index contributed by atoms with van der Waals surface area (Å²) in [6.45, 7) is 2.19. The number of carbonyl (C=O) groups is 2. The van der Waals surface area contributed by atoms with E-state index in [0.29, 0.717) is 37.1 Å². The molecule has 0 saturated heterocycles. The highest BCUT2D eigenvalue weighted by molar-refractivity contribution is 6.31. The van der Waals surface area contributed by atoms with Crippen LogP contribution in [0.15, 0.2) is 53.6 Å². The van der Waals surface area contributed by atoms with Crippen molar-refractivity contribution >= 4 is 29.9 Å². The summed E-state index contributed by atoms with van der Waals surface area (Å²) in [5, 5.41) is 14.5. The van der Waals surface area contributed by atoms with Crippen molar-refractivity contribution < 1.29 is 29.0 Å². The zero-order valence-electron chi connectivity index (χ0n) is 24.4. The minimum absolute atomic E-state index is 0.0152. The van der Waals surface area contributed by atoms with Gasteiger partial charge in [-0.1, -0.05) is 73.5 Å². The molecule has 0 aliphatic rings. The summed E-state index contributed by atoms with van der Waals surface area (Å²) in [5.74, 6) is 6.75. The standard InChI is InChI=1S/C29H36ClN7O7/c1-2-3-11-26-33-27(30)25(19-38)35(26)18-21-12-14-22(15-13-21)23-9-5-6-10-24(23)28(31)34-36(32)20-43-29(39)42-16-7-4-8-17-44-37(40)41/h5-6,9-10,12-15,19H,2-4,7-8,11,16-18,20,32H2,1H3,(H2,31,34). The van der Waals surface area contributed by atoms with Crippen molar-refractivity contribution in [3.8, 4) is 11.1 Å². The Morgan fingerprint density at radius 2 is 1.84 bits per heavy atom. The summed E-state index contributed by atoms with van der Waals surface area (Å²) in [4.78, 5) is 42.2. The van der Waals surface area contributed by atoms with Gasteiger partial charge in [0.2, 0.25) is 0 Å². The molecule has 0 saturated carbocycles. The third-order valence-corrected chi connectivity index (χ3v) is 6.75. The monoisotopic (exact) mass is 629 g/mol. The Kier molecular flexibility index (Phi) is 13.4. The molecule has 14 nitrogen and oxygen atoms in total. The number of halogens is 1. The first-order valence-electron chi connectivity index (χ1n) is 14.0. The molecule has 44 heavy (non-hydrogen) atoms. The third-order valence-electron chi connectivity index (χ3n) is 6.47. The Hall–Kier alpha value is -4.69. The van der Waals surface area contributed by atoms with E-state index in [0.717, 1.165) is 53.2 Å². The second-order valence-corrected chi connectivity index (χ2v) is 10.0. The van der Waals surface area contributed by atoms with Gasteiger partial charge in [0.1, 0.15) is 11.5 Å². The van der Waals surface area contributed by atoms with Gasteiger partial charge >= 0.3 is 6.16 Å². The van der Waals surface area contributed by atoms with Crippen molar-refractivity contribution in [2.75, 3.05) is 19.9 Å². The first-order chi connectivity index (χ1) is 21.2. The average Bonchev–Trinajstić information content (AvgIpc) is 3.31. The molecule has 0 aliphatic carbocycles. The number of hydrazine groups is 1. The van der Waals surface area contributed by atoms with Gasteiger partial charge in [0, 0.05) is 18.5 Å². The highest BCUT2D eigenvalue weighted by Crippen LogP contribution is 2.25. The van der Waals surface area contributed by atoms with Gasteiger partial charge in [-0.05, 0) is 42.4 Å². The van der Waals surface area contributed by atoms with Crippen LogP contribution in [0.1, 0.15) is 66.5 Å². The molecular formula is C29H36ClN7O7. The first-order valence-corrected chi connectivity index (χ1v) is 14.4.